The summed E-state index contributed by atoms with van der Waals surface area (Å²) in [7, 11) is 1.94. The maximum absolute atomic E-state index is 13.3. The third-order valence-electron chi connectivity index (χ3n) is 7.02. The smallest absolute Gasteiger partial charge is 0.255 e. The first-order chi connectivity index (χ1) is 14.7. The number of aromatic nitrogens is 3. The third kappa shape index (κ3) is 3.71. The standard InChI is InChI=1S/C25H32N4O/c1-28-24-23(16-27-28)21-9-5-6-10-22(21)25(30)29(24)17-19-13-11-18(12-14-19)15-26-20-7-3-2-4-8-20/h11-14,16,20,26H,2-10,15,17H2,1H3. The van der Waals surface area contributed by atoms with Crippen molar-refractivity contribution in [1.29, 1.82) is 0 Å². The van der Waals surface area contributed by atoms with Gasteiger partial charge in [0.25, 0.3) is 5.56 Å². The summed E-state index contributed by atoms with van der Waals surface area (Å²) in [5.74, 6) is 0. The van der Waals surface area contributed by atoms with E-state index < -0.39 is 0 Å². The van der Waals surface area contributed by atoms with Crippen molar-refractivity contribution < 1.29 is 0 Å². The molecule has 0 radical (unpaired) electrons. The molecule has 0 amide bonds. The summed E-state index contributed by atoms with van der Waals surface area (Å²) in [5, 5.41) is 9.34. The fraction of sp³-hybridized carbons (Fsp3) is 0.520. The maximum Gasteiger partial charge on any atom is 0.255 e. The second-order valence-electron chi connectivity index (χ2n) is 9.09. The molecule has 5 heteroatoms. The molecule has 1 fully saturated rings. The van der Waals surface area contributed by atoms with Crippen LogP contribution in [-0.2, 0) is 33.0 Å². The number of nitrogens with one attached hydrogen (secondary N) is 1. The lowest BCUT2D eigenvalue weighted by Crippen LogP contribution is -2.30. The minimum absolute atomic E-state index is 0.170. The van der Waals surface area contributed by atoms with Crippen LogP contribution in [0, 0.1) is 0 Å². The summed E-state index contributed by atoms with van der Waals surface area (Å²) in [6.45, 7) is 1.52. The zero-order chi connectivity index (χ0) is 20.5. The summed E-state index contributed by atoms with van der Waals surface area (Å²) in [4.78, 5) is 13.3. The number of rotatable bonds is 5. The highest BCUT2D eigenvalue weighted by molar-refractivity contribution is 5.80. The lowest BCUT2D eigenvalue weighted by molar-refractivity contribution is 0.372. The number of hydrogen-bond donors (Lipinski definition) is 1. The first-order valence-corrected chi connectivity index (χ1v) is 11.6. The summed E-state index contributed by atoms with van der Waals surface area (Å²) in [6.07, 6.45) is 12.8. The van der Waals surface area contributed by atoms with Crippen molar-refractivity contribution in [3.05, 3.63) is 63.1 Å². The van der Waals surface area contributed by atoms with Gasteiger partial charge in [-0.3, -0.25) is 14.0 Å². The van der Waals surface area contributed by atoms with Crippen molar-refractivity contribution in [3.8, 4) is 0 Å². The van der Waals surface area contributed by atoms with Crippen LogP contribution < -0.4 is 10.9 Å². The van der Waals surface area contributed by atoms with Gasteiger partial charge < -0.3 is 5.32 Å². The van der Waals surface area contributed by atoms with Crippen molar-refractivity contribution in [1.82, 2.24) is 19.7 Å². The van der Waals surface area contributed by atoms with Gasteiger partial charge in [-0.15, -0.1) is 0 Å². The number of hydrogen-bond acceptors (Lipinski definition) is 3. The van der Waals surface area contributed by atoms with E-state index in [2.05, 4.69) is 34.7 Å². The van der Waals surface area contributed by atoms with Crippen molar-refractivity contribution >= 4 is 11.0 Å². The van der Waals surface area contributed by atoms with E-state index in [1.165, 1.54) is 43.2 Å². The van der Waals surface area contributed by atoms with Gasteiger partial charge in [-0.05, 0) is 55.2 Å². The molecule has 5 rings (SSSR count). The largest absolute Gasteiger partial charge is 0.310 e. The first-order valence-electron chi connectivity index (χ1n) is 11.6. The molecule has 5 nitrogen and oxygen atoms in total. The Morgan fingerprint density at radius 3 is 2.43 bits per heavy atom. The molecular formula is C25H32N4O. The van der Waals surface area contributed by atoms with Crippen molar-refractivity contribution in [2.24, 2.45) is 7.05 Å². The van der Waals surface area contributed by atoms with E-state index in [1.54, 1.807) is 0 Å². The molecule has 0 spiro atoms. The Labute approximate surface area is 178 Å². The molecule has 1 saturated carbocycles. The molecule has 2 aliphatic carbocycles. The van der Waals surface area contributed by atoms with Gasteiger partial charge >= 0.3 is 0 Å². The van der Waals surface area contributed by atoms with Gasteiger partial charge in [-0.1, -0.05) is 43.5 Å². The van der Waals surface area contributed by atoms with Crippen LogP contribution in [0.5, 0.6) is 0 Å². The zero-order valence-corrected chi connectivity index (χ0v) is 18.0. The second-order valence-corrected chi connectivity index (χ2v) is 9.09. The third-order valence-corrected chi connectivity index (χ3v) is 7.02. The van der Waals surface area contributed by atoms with Gasteiger partial charge in [0.1, 0.15) is 5.65 Å². The molecule has 0 atom stereocenters. The maximum atomic E-state index is 13.3. The van der Waals surface area contributed by atoms with Gasteiger partial charge in [0, 0.05) is 30.6 Å². The van der Waals surface area contributed by atoms with Crippen molar-refractivity contribution in [2.45, 2.75) is 76.9 Å². The molecule has 0 saturated heterocycles. The lowest BCUT2D eigenvalue weighted by atomic mass is 9.91. The molecule has 1 N–H and O–H groups in total. The molecule has 0 bridgehead atoms. The Balaban J connectivity index is 1.38. The molecule has 0 unspecified atom stereocenters. The number of fused-ring (bicyclic) bond motifs is 3. The predicted octanol–water partition coefficient (Wildman–Crippen LogP) is 4.08. The minimum Gasteiger partial charge on any atom is -0.310 e. The highest BCUT2D eigenvalue weighted by atomic mass is 16.1. The van der Waals surface area contributed by atoms with Crippen LogP contribution in [0.15, 0.2) is 35.3 Å². The number of nitrogens with zero attached hydrogens (tertiary/aromatic N) is 3. The highest BCUT2D eigenvalue weighted by Crippen LogP contribution is 2.27. The average Bonchev–Trinajstić information content (AvgIpc) is 3.18. The molecule has 2 aliphatic rings. The Bertz CT molecular complexity index is 1090. The van der Waals surface area contributed by atoms with E-state index in [1.807, 2.05) is 22.5 Å². The van der Waals surface area contributed by atoms with E-state index in [0.717, 1.165) is 54.4 Å². The molecule has 0 aliphatic heterocycles. The summed E-state index contributed by atoms with van der Waals surface area (Å²) < 4.78 is 3.79. The topological polar surface area (TPSA) is 51.9 Å². The van der Waals surface area contributed by atoms with E-state index in [4.69, 9.17) is 0 Å². The number of benzene rings is 1. The van der Waals surface area contributed by atoms with Crippen molar-refractivity contribution in [2.75, 3.05) is 0 Å². The minimum atomic E-state index is 0.170. The molecule has 2 heterocycles. The van der Waals surface area contributed by atoms with E-state index in [0.29, 0.717) is 12.6 Å². The summed E-state index contributed by atoms with van der Waals surface area (Å²) in [5.41, 5.74) is 5.84. The first kappa shape index (κ1) is 19.6. The molecule has 1 aromatic carbocycles. The van der Waals surface area contributed by atoms with E-state index in [9.17, 15) is 4.79 Å². The SMILES string of the molecule is Cn1ncc2c3c(c(=O)n(Cc4ccc(CNC5CCCCC5)cc4)c21)CCCC3. The quantitative estimate of drug-likeness (QED) is 0.697. The normalized spacial score (nSPS) is 17.4. The van der Waals surface area contributed by atoms with Crippen LogP contribution >= 0.6 is 0 Å². The molecule has 30 heavy (non-hydrogen) atoms. The molecule has 158 valence electrons. The Morgan fingerprint density at radius 2 is 1.67 bits per heavy atom. The molecule has 3 aromatic rings. The Morgan fingerprint density at radius 1 is 0.967 bits per heavy atom. The predicted molar refractivity (Wildman–Crippen MR) is 121 cm³/mol. The summed E-state index contributed by atoms with van der Waals surface area (Å²) >= 11 is 0. The van der Waals surface area contributed by atoms with Gasteiger partial charge in [0.05, 0.1) is 12.7 Å². The second kappa shape index (κ2) is 8.38. The molecule has 2 aromatic heterocycles. The summed E-state index contributed by atoms with van der Waals surface area (Å²) in [6, 6.07) is 9.42. The molecular weight excluding hydrogens is 372 g/mol. The highest BCUT2D eigenvalue weighted by Gasteiger charge is 2.21. The number of aryl methyl sites for hydroxylation is 2. The van der Waals surface area contributed by atoms with Gasteiger partial charge in [0.15, 0.2) is 0 Å². The van der Waals surface area contributed by atoms with Gasteiger partial charge in [-0.2, -0.15) is 5.10 Å². The van der Waals surface area contributed by atoms with Crippen LogP contribution in [0.3, 0.4) is 0 Å². The van der Waals surface area contributed by atoms with Gasteiger partial charge in [-0.25, -0.2) is 0 Å². The average molecular weight is 405 g/mol. The van der Waals surface area contributed by atoms with Crippen molar-refractivity contribution in [3.63, 3.8) is 0 Å². The monoisotopic (exact) mass is 404 g/mol. The van der Waals surface area contributed by atoms with Crippen LogP contribution in [0.25, 0.3) is 11.0 Å². The fourth-order valence-corrected chi connectivity index (χ4v) is 5.32. The van der Waals surface area contributed by atoms with Gasteiger partial charge in [0.2, 0.25) is 0 Å². The van der Waals surface area contributed by atoms with Crippen LogP contribution in [0.1, 0.15) is 67.2 Å². The van der Waals surface area contributed by atoms with Crippen LogP contribution in [0.2, 0.25) is 0 Å². The number of pyridine rings is 1. The Hall–Kier alpha value is -2.40. The van der Waals surface area contributed by atoms with Crippen LogP contribution in [0.4, 0.5) is 0 Å². The van der Waals surface area contributed by atoms with Crippen LogP contribution in [-0.4, -0.2) is 20.4 Å². The fourth-order valence-electron chi connectivity index (χ4n) is 5.32. The lowest BCUT2D eigenvalue weighted by Gasteiger charge is -2.23. The van der Waals surface area contributed by atoms with E-state index >= 15 is 0 Å². The van der Waals surface area contributed by atoms with E-state index in [-0.39, 0.29) is 5.56 Å². The Kier molecular flexibility index (Phi) is 5.47. The zero-order valence-electron chi connectivity index (χ0n) is 18.0.